The Morgan fingerprint density at radius 3 is 2.43 bits per heavy atom. The average Bonchev–Trinajstić information content (AvgIpc) is 2.14. The topological polar surface area (TPSA) is 90.7 Å². The molecular weight excluding hydrogens is 208 g/mol. The predicted molar refractivity (Wildman–Crippen MR) is 53.5 cm³/mol. The summed E-state index contributed by atoms with van der Waals surface area (Å²) in [5.41, 5.74) is 5.36. The Hall–Kier alpha value is -0.210. The number of sulfonamides is 1. The van der Waals surface area contributed by atoms with E-state index >= 15 is 0 Å². The van der Waals surface area contributed by atoms with Gasteiger partial charge in [-0.05, 0) is 0 Å². The van der Waals surface area contributed by atoms with Gasteiger partial charge in [0.15, 0.2) is 0 Å². The maximum Gasteiger partial charge on any atom is 0.214 e. The van der Waals surface area contributed by atoms with Gasteiger partial charge in [0.25, 0.3) is 0 Å². The Balaban J connectivity index is 4.04. The Bertz CT molecular complexity index is 230. The molecule has 0 aliphatic rings. The van der Waals surface area contributed by atoms with Gasteiger partial charge in [-0.1, -0.05) is 0 Å². The van der Waals surface area contributed by atoms with Crippen LogP contribution in [-0.4, -0.2) is 54.2 Å². The molecule has 0 fully saturated rings. The standard InChI is InChI=1S/C7H18N2O4S/c1-12-3-4-14(10,11)9-7(5-8)6-13-2/h7,9H,3-6,8H2,1-2H3. The van der Waals surface area contributed by atoms with Gasteiger partial charge in [0.1, 0.15) is 0 Å². The maximum atomic E-state index is 11.3. The molecule has 0 spiro atoms. The van der Waals surface area contributed by atoms with Crippen molar-refractivity contribution in [2.75, 3.05) is 39.7 Å². The van der Waals surface area contributed by atoms with Gasteiger partial charge < -0.3 is 15.2 Å². The average molecular weight is 226 g/mol. The number of hydrogen-bond acceptors (Lipinski definition) is 5. The fraction of sp³-hybridized carbons (Fsp3) is 1.00. The van der Waals surface area contributed by atoms with Crippen molar-refractivity contribution in [1.82, 2.24) is 4.72 Å². The van der Waals surface area contributed by atoms with E-state index in [1.165, 1.54) is 14.2 Å². The lowest BCUT2D eigenvalue weighted by Gasteiger charge is -2.15. The van der Waals surface area contributed by atoms with E-state index in [1.807, 2.05) is 0 Å². The van der Waals surface area contributed by atoms with Crippen molar-refractivity contribution in [3.63, 3.8) is 0 Å². The molecule has 0 aromatic carbocycles. The molecule has 1 atom stereocenters. The summed E-state index contributed by atoms with van der Waals surface area (Å²) < 4.78 is 34.6. The third-order valence-electron chi connectivity index (χ3n) is 1.55. The molecule has 0 saturated carbocycles. The second kappa shape index (κ2) is 7.13. The number of nitrogens with one attached hydrogen (secondary N) is 1. The largest absolute Gasteiger partial charge is 0.384 e. The zero-order valence-corrected chi connectivity index (χ0v) is 9.34. The summed E-state index contributed by atoms with van der Waals surface area (Å²) in [6.45, 7) is 0.641. The van der Waals surface area contributed by atoms with Crippen molar-refractivity contribution in [3.8, 4) is 0 Å². The summed E-state index contributed by atoms with van der Waals surface area (Å²) in [6, 6.07) is -0.373. The zero-order chi connectivity index (χ0) is 11.0. The minimum Gasteiger partial charge on any atom is -0.384 e. The fourth-order valence-electron chi connectivity index (χ4n) is 0.857. The molecule has 0 heterocycles. The van der Waals surface area contributed by atoms with Crippen molar-refractivity contribution < 1.29 is 17.9 Å². The van der Waals surface area contributed by atoms with Gasteiger partial charge in [0.2, 0.25) is 10.0 Å². The van der Waals surface area contributed by atoms with Crippen LogP contribution in [-0.2, 0) is 19.5 Å². The highest BCUT2D eigenvalue weighted by Crippen LogP contribution is 1.90. The smallest absolute Gasteiger partial charge is 0.214 e. The van der Waals surface area contributed by atoms with Gasteiger partial charge in [0.05, 0.1) is 25.0 Å². The van der Waals surface area contributed by atoms with Crippen LogP contribution >= 0.6 is 0 Å². The fourth-order valence-corrected chi connectivity index (χ4v) is 2.03. The molecule has 0 rings (SSSR count). The molecule has 7 heteroatoms. The van der Waals surface area contributed by atoms with Crippen molar-refractivity contribution in [2.45, 2.75) is 6.04 Å². The lowest BCUT2D eigenvalue weighted by atomic mass is 10.3. The normalized spacial score (nSPS) is 14.2. The number of rotatable bonds is 8. The molecular formula is C7H18N2O4S. The molecule has 3 N–H and O–H groups in total. The molecule has 0 bridgehead atoms. The van der Waals surface area contributed by atoms with E-state index in [0.717, 1.165) is 0 Å². The lowest BCUT2D eigenvalue weighted by Crippen LogP contribution is -2.44. The first kappa shape index (κ1) is 13.8. The van der Waals surface area contributed by atoms with Crippen LogP contribution in [0.2, 0.25) is 0 Å². The van der Waals surface area contributed by atoms with Gasteiger partial charge in [-0.15, -0.1) is 0 Å². The molecule has 0 saturated heterocycles. The minimum absolute atomic E-state index is 0.0658. The Morgan fingerprint density at radius 2 is 2.00 bits per heavy atom. The van der Waals surface area contributed by atoms with E-state index in [9.17, 15) is 8.42 Å². The first-order chi connectivity index (χ1) is 6.55. The SMILES string of the molecule is COCCS(=O)(=O)NC(CN)COC. The first-order valence-corrected chi connectivity index (χ1v) is 5.89. The van der Waals surface area contributed by atoms with E-state index in [2.05, 4.69) is 9.46 Å². The van der Waals surface area contributed by atoms with E-state index in [-0.39, 0.29) is 31.6 Å². The first-order valence-electron chi connectivity index (χ1n) is 4.23. The predicted octanol–water partition coefficient (Wildman–Crippen LogP) is -1.47. The van der Waals surface area contributed by atoms with Crippen LogP contribution in [0.25, 0.3) is 0 Å². The monoisotopic (exact) mass is 226 g/mol. The second-order valence-electron chi connectivity index (χ2n) is 2.82. The Labute approximate surface area is 84.8 Å². The number of nitrogens with two attached hydrogens (primary N) is 1. The van der Waals surface area contributed by atoms with Crippen molar-refractivity contribution in [2.24, 2.45) is 5.73 Å². The molecule has 0 aliphatic carbocycles. The van der Waals surface area contributed by atoms with E-state index in [1.54, 1.807) is 0 Å². The van der Waals surface area contributed by atoms with Gasteiger partial charge in [-0.3, -0.25) is 0 Å². The number of methoxy groups -OCH3 is 2. The Kier molecular flexibility index (Phi) is 7.02. The van der Waals surface area contributed by atoms with Gasteiger partial charge in [-0.2, -0.15) is 0 Å². The summed E-state index contributed by atoms with van der Waals surface area (Å²) in [5.74, 6) is -0.0658. The molecule has 6 nitrogen and oxygen atoms in total. The van der Waals surface area contributed by atoms with Crippen LogP contribution in [0.5, 0.6) is 0 Å². The third kappa shape index (κ3) is 6.28. The van der Waals surface area contributed by atoms with E-state index < -0.39 is 10.0 Å². The molecule has 14 heavy (non-hydrogen) atoms. The highest BCUT2D eigenvalue weighted by molar-refractivity contribution is 7.89. The molecule has 0 aliphatic heterocycles. The number of hydrogen-bond donors (Lipinski definition) is 2. The van der Waals surface area contributed by atoms with Crippen LogP contribution in [0, 0.1) is 0 Å². The van der Waals surface area contributed by atoms with Crippen LogP contribution < -0.4 is 10.5 Å². The quantitative estimate of drug-likeness (QED) is 0.527. The van der Waals surface area contributed by atoms with Gasteiger partial charge >= 0.3 is 0 Å². The second-order valence-corrected chi connectivity index (χ2v) is 4.69. The minimum atomic E-state index is -3.31. The van der Waals surface area contributed by atoms with Crippen LogP contribution in [0.15, 0.2) is 0 Å². The van der Waals surface area contributed by atoms with Gasteiger partial charge in [-0.25, -0.2) is 13.1 Å². The maximum absolute atomic E-state index is 11.3. The van der Waals surface area contributed by atoms with E-state index in [4.69, 9.17) is 10.5 Å². The van der Waals surface area contributed by atoms with Crippen molar-refractivity contribution >= 4 is 10.0 Å². The van der Waals surface area contributed by atoms with Crippen LogP contribution in [0.1, 0.15) is 0 Å². The molecule has 0 radical (unpaired) electrons. The summed E-state index contributed by atoms with van der Waals surface area (Å²) >= 11 is 0. The molecule has 0 amide bonds. The molecule has 1 unspecified atom stereocenters. The third-order valence-corrected chi connectivity index (χ3v) is 2.95. The van der Waals surface area contributed by atoms with E-state index in [0.29, 0.717) is 0 Å². The van der Waals surface area contributed by atoms with Crippen LogP contribution in [0.3, 0.4) is 0 Å². The summed E-state index contributed by atoms with van der Waals surface area (Å²) in [6.07, 6.45) is 0. The highest BCUT2D eigenvalue weighted by Gasteiger charge is 2.15. The summed E-state index contributed by atoms with van der Waals surface area (Å²) in [4.78, 5) is 0. The number of ether oxygens (including phenoxy) is 2. The van der Waals surface area contributed by atoms with Crippen molar-refractivity contribution in [1.29, 1.82) is 0 Å². The molecule has 86 valence electrons. The van der Waals surface area contributed by atoms with Crippen LogP contribution in [0.4, 0.5) is 0 Å². The lowest BCUT2D eigenvalue weighted by molar-refractivity contribution is 0.176. The van der Waals surface area contributed by atoms with Crippen molar-refractivity contribution in [3.05, 3.63) is 0 Å². The highest BCUT2D eigenvalue weighted by atomic mass is 32.2. The summed E-state index contributed by atoms with van der Waals surface area (Å²) in [7, 11) is -0.371. The summed E-state index contributed by atoms with van der Waals surface area (Å²) in [5, 5.41) is 0. The Morgan fingerprint density at radius 1 is 1.36 bits per heavy atom. The molecule has 0 aromatic rings. The van der Waals surface area contributed by atoms with Gasteiger partial charge in [0, 0.05) is 20.8 Å². The molecule has 0 aromatic heterocycles. The zero-order valence-electron chi connectivity index (χ0n) is 8.52.